The fraction of sp³-hybridized carbons (Fsp3) is 0.625. The van der Waals surface area contributed by atoms with Gasteiger partial charge in [0.15, 0.2) is 0 Å². The van der Waals surface area contributed by atoms with E-state index in [0.717, 1.165) is 12.2 Å². The van der Waals surface area contributed by atoms with E-state index in [-0.39, 0.29) is 5.41 Å². The van der Waals surface area contributed by atoms with Gasteiger partial charge in [0.05, 0.1) is 0 Å². The third kappa shape index (κ3) is 2.64. The maximum absolute atomic E-state index is 6.35. The molecular formula is C16H22INO. The van der Waals surface area contributed by atoms with Crippen LogP contribution in [-0.4, -0.2) is 12.1 Å². The molecule has 0 saturated heterocycles. The minimum Gasteiger partial charge on any atom is -0.490 e. The van der Waals surface area contributed by atoms with E-state index in [1.54, 1.807) is 0 Å². The van der Waals surface area contributed by atoms with Crippen molar-refractivity contribution in [2.45, 2.75) is 57.1 Å². The van der Waals surface area contributed by atoms with Gasteiger partial charge in [-0.15, -0.1) is 0 Å². The molecule has 19 heavy (non-hydrogen) atoms. The minimum atomic E-state index is 0.262. The predicted octanol–water partition coefficient (Wildman–Crippen LogP) is 4.11. The highest BCUT2D eigenvalue weighted by atomic mass is 127. The number of benzene rings is 1. The van der Waals surface area contributed by atoms with Crippen LogP contribution in [0.3, 0.4) is 0 Å². The second-order valence-electron chi connectivity index (χ2n) is 6.05. The molecule has 104 valence electrons. The average molecular weight is 371 g/mol. The Hall–Kier alpha value is -0.290. The number of hydrogen-bond donors (Lipinski definition) is 1. The Morgan fingerprint density at radius 3 is 2.53 bits per heavy atom. The Kier molecular flexibility index (Phi) is 4.03. The molecule has 2 aliphatic carbocycles. The van der Waals surface area contributed by atoms with Crippen molar-refractivity contribution in [2.24, 2.45) is 11.1 Å². The average Bonchev–Trinajstić information content (AvgIpc) is 2.66. The van der Waals surface area contributed by atoms with Crippen LogP contribution in [0.5, 0.6) is 5.75 Å². The molecule has 0 aliphatic heterocycles. The summed E-state index contributed by atoms with van der Waals surface area (Å²) in [5.74, 6) is 1.01. The van der Waals surface area contributed by atoms with Crippen LogP contribution < -0.4 is 10.5 Å². The van der Waals surface area contributed by atoms with E-state index >= 15 is 0 Å². The monoisotopic (exact) mass is 371 g/mol. The first-order valence-electron chi connectivity index (χ1n) is 7.38. The largest absolute Gasteiger partial charge is 0.490 e. The zero-order valence-electron chi connectivity index (χ0n) is 11.3. The highest BCUT2D eigenvalue weighted by molar-refractivity contribution is 14.1. The normalized spacial score (nSPS) is 29.6. The summed E-state index contributed by atoms with van der Waals surface area (Å²) in [6, 6.07) is 8.69. The molecule has 1 aromatic carbocycles. The van der Waals surface area contributed by atoms with Gasteiger partial charge in [-0.3, -0.25) is 0 Å². The molecule has 1 spiro atoms. The summed E-state index contributed by atoms with van der Waals surface area (Å²) in [5, 5.41) is 0. The Morgan fingerprint density at radius 2 is 1.89 bits per heavy atom. The molecule has 3 rings (SSSR count). The van der Waals surface area contributed by atoms with Crippen molar-refractivity contribution in [3.63, 3.8) is 0 Å². The molecule has 2 nitrogen and oxygen atoms in total. The molecular weight excluding hydrogens is 349 g/mol. The quantitative estimate of drug-likeness (QED) is 0.795. The van der Waals surface area contributed by atoms with Gasteiger partial charge in [-0.05, 0) is 53.6 Å². The van der Waals surface area contributed by atoms with E-state index in [4.69, 9.17) is 10.5 Å². The molecule has 0 heterocycles. The Labute approximate surface area is 129 Å². The van der Waals surface area contributed by atoms with Crippen molar-refractivity contribution < 1.29 is 4.74 Å². The number of ether oxygens (including phenoxy) is 1. The van der Waals surface area contributed by atoms with Crippen molar-refractivity contribution in [2.75, 3.05) is 0 Å². The summed E-state index contributed by atoms with van der Waals surface area (Å²) in [6.45, 7) is 0. The zero-order chi connectivity index (χ0) is 13.3. The first-order valence-corrected chi connectivity index (χ1v) is 8.46. The molecule has 3 heteroatoms. The van der Waals surface area contributed by atoms with E-state index in [2.05, 4.69) is 46.9 Å². The zero-order valence-corrected chi connectivity index (χ0v) is 13.4. The van der Waals surface area contributed by atoms with E-state index in [9.17, 15) is 0 Å². The van der Waals surface area contributed by atoms with E-state index in [0.29, 0.717) is 12.1 Å². The molecule has 2 saturated carbocycles. The molecule has 2 atom stereocenters. The fourth-order valence-electron chi connectivity index (χ4n) is 3.73. The first kappa shape index (κ1) is 13.7. The van der Waals surface area contributed by atoms with E-state index < -0.39 is 0 Å². The molecule has 2 aliphatic rings. The van der Waals surface area contributed by atoms with Gasteiger partial charge < -0.3 is 10.5 Å². The van der Waals surface area contributed by atoms with Crippen molar-refractivity contribution in [3.05, 3.63) is 27.8 Å². The third-order valence-electron chi connectivity index (χ3n) is 4.96. The van der Waals surface area contributed by atoms with Crippen molar-refractivity contribution >= 4 is 22.6 Å². The molecule has 2 fully saturated rings. The first-order chi connectivity index (χ1) is 9.21. The van der Waals surface area contributed by atoms with E-state index in [1.807, 2.05) is 0 Å². The summed E-state index contributed by atoms with van der Waals surface area (Å²) >= 11 is 2.33. The maximum atomic E-state index is 6.35. The summed E-state index contributed by atoms with van der Waals surface area (Å²) < 4.78 is 7.50. The molecule has 0 radical (unpaired) electrons. The molecule has 1 aromatic rings. The minimum absolute atomic E-state index is 0.262. The predicted molar refractivity (Wildman–Crippen MR) is 86.3 cm³/mol. The van der Waals surface area contributed by atoms with Gasteiger partial charge in [-0.1, -0.05) is 31.7 Å². The summed E-state index contributed by atoms with van der Waals surface area (Å²) in [7, 11) is 0. The van der Waals surface area contributed by atoms with Crippen LogP contribution in [0.4, 0.5) is 0 Å². The smallest absolute Gasteiger partial charge is 0.120 e. The van der Waals surface area contributed by atoms with Crippen molar-refractivity contribution in [3.8, 4) is 5.75 Å². The third-order valence-corrected chi connectivity index (χ3v) is 5.63. The molecule has 0 amide bonds. The molecule has 0 aromatic heterocycles. The van der Waals surface area contributed by atoms with Crippen LogP contribution in [0.2, 0.25) is 0 Å². The van der Waals surface area contributed by atoms with Gasteiger partial charge in [-0.2, -0.15) is 0 Å². The lowest BCUT2D eigenvalue weighted by atomic mass is 9.58. The van der Waals surface area contributed by atoms with Crippen molar-refractivity contribution in [1.29, 1.82) is 0 Å². The molecule has 2 unspecified atom stereocenters. The lowest BCUT2D eigenvalue weighted by molar-refractivity contribution is -0.0770. The highest BCUT2D eigenvalue weighted by Gasteiger charge is 2.54. The standard InChI is InChI=1S/C16H22INO/c17-12-6-5-7-13(10-12)19-15-11-14(18)16(15)8-3-1-2-4-9-16/h5-7,10,14-15H,1-4,8-9,11,18H2. The van der Waals surface area contributed by atoms with Gasteiger partial charge >= 0.3 is 0 Å². The number of halogens is 1. The SMILES string of the molecule is NC1CC(Oc2cccc(I)c2)C12CCCCCC2. The number of nitrogens with two attached hydrogens (primary N) is 1. The van der Waals surface area contributed by atoms with Gasteiger partial charge in [0.2, 0.25) is 0 Å². The number of rotatable bonds is 2. The maximum Gasteiger partial charge on any atom is 0.120 e. The fourth-order valence-corrected chi connectivity index (χ4v) is 4.24. The van der Waals surface area contributed by atoms with E-state index in [1.165, 1.54) is 42.1 Å². The topological polar surface area (TPSA) is 35.2 Å². The molecule has 0 bridgehead atoms. The molecule has 2 N–H and O–H groups in total. The lowest BCUT2D eigenvalue weighted by Crippen LogP contribution is -2.63. The van der Waals surface area contributed by atoms with Gasteiger partial charge in [0.25, 0.3) is 0 Å². The van der Waals surface area contributed by atoms with Crippen molar-refractivity contribution in [1.82, 2.24) is 0 Å². The Bertz CT molecular complexity index is 440. The van der Waals surface area contributed by atoms with Gasteiger partial charge in [0.1, 0.15) is 11.9 Å². The second-order valence-corrected chi connectivity index (χ2v) is 7.30. The summed E-state index contributed by atoms with van der Waals surface area (Å²) in [4.78, 5) is 0. The van der Waals surface area contributed by atoms with Crippen LogP contribution in [0, 0.1) is 8.99 Å². The Balaban J connectivity index is 1.74. The highest BCUT2D eigenvalue weighted by Crippen LogP contribution is 2.51. The van der Waals surface area contributed by atoms with Crippen LogP contribution in [0.1, 0.15) is 44.9 Å². The number of hydrogen-bond acceptors (Lipinski definition) is 2. The van der Waals surface area contributed by atoms with Crippen LogP contribution >= 0.6 is 22.6 Å². The lowest BCUT2D eigenvalue weighted by Gasteiger charge is -2.54. The Morgan fingerprint density at radius 1 is 1.16 bits per heavy atom. The summed E-state index contributed by atoms with van der Waals surface area (Å²) in [5.41, 5.74) is 6.61. The van der Waals surface area contributed by atoms with Crippen LogP contribution in [-0.2, 0) is 0 Å². The summed E-state index contributed by atoms with van der Waals surface area (Å²) in [6.07, 6.45) is 9.23. The van der Waals surface area contributed by atoms with Gasteiger partial charge in [0, 0.05) is 21.4 Å². The van der Waals surface area contributed by atoms with Crippen LogP contribution in [0.15, 0.2) is 24.3 Å². The second kappa shape index (κ2) is 5.60. The van der Waals surface area contributed by atoms with Crippen LogP contribution in [0.25, 0.3) is 0 Å². The van der Waals surface area contributed by atoms with Gasteiger partial charge in [-0.25, -0.2) is 0 Å².